The van der Waals surface area contributed by atoms with Crippen LogP contribution in [0.1, 0.15) is 11.3 Å². The van der Waals surface area contributed by atoms with Gasteiger partial charge in [-0.3, -0.25) is 4.98 Å². The number of nitrogens with zero attached hydrogens (tertiary/aromatic N) is 1. The van der Waals surface area contributed by atoms with Gasteiger partial charge >= 0.3 is 0 Å². The fourth-order valence-electron chi connectivity index (χ4n) is 1.51. The quantitative estimate of drug-likeness (QED) is 0.722. The van der Waals surface area contributed by atoms with Crippen LogP contribution in [0.25, 0.3) is 11.4 Å². The normalized spacial score (nSPS) is 10.4. The lowest BCUT2D eigenvalue weighted by Gasteiger charge is -1.97. The van der Waals surface area contributed by atoms with Crippen molar-refractivity contribution in [3.8, 4) is 17.1 Å². The van der Waals surface area contributed by atoms with Crippen molar-refractivity contribution in [3.05, 3.63) is 35.7 Å². The van der Waals surface area contributed by atoms with E-state index >= 15 is 0 Å². The average Bonchev–Trinajstić information content (AvgIpc) is 2.47. The number of H-pyrrole nitrogens is 1. The molecule has 14 heavy (non-hydrogen) atoms. The van der Waals surface area contributed by atoms with Crippen LogP contribution in [0, 0.1) is 13.8 Å². The summed E-state index contributed by atoms with van der Waals surface area (Å²) in [5, 5.41) is 9.63. The molecule has 0 atom stereocenters. The van der Waals surface area contributed by atoms with Gasteiger partial charge in [0.15, 0.2) is 0 Å². The average molecular weight is 188 g/mol. The lowest BCUT2D eigenvalue weighted by Crippen LogP contribution is -1.83. The second kappa shape index (κ2) is 3.18. The molecule has 0 bridgehead atoms. The van der Waals surface area contributed by atoms with Crippen molar-refractivity contribution >= 4 is 0 Å². The lowest BCUT2D eigenvalue weighted by atomic mass is 10.2. The SMILES string of the molecule is Cc1[nH]c(-c2ccccn2)c(C)c1O. The Labute approximate surface area is 82.4 Å². The van der Waals surface area contributed by atoms with Gasteiger partial charge in [0, 0.05) is 11.8 Å². The summed E-state index contributed by atoms with van der Waals surface area (Å²) in [7, 11) is 0. The highest BCUT2D eigenvalue weighted by Gasteiger charge is 2.11. The fraction of sp³-hybridized carbons (Fsp3) is 0.182. The number of aromatic amines is 1. The van der Waals surface area contributed by atoms with Gasteiger partial charge < -0.3 is 10.1 Å². The summed E-state index contributed by atoms with van der Waals surface area (Å²) in [4.78, 5) is 7.34. The van der Waals surface area contributed by atoms with Gasteiger partial charge in [-0.1, -0.05) is 6.07 Å². The van der Waals surface area contributed by atoms with Gasteiger partial charge in [0.05, 0.1) is 17.1 Å². The van der Waals surface area contributed by atoms with E-state index in [0.29, 0.717) is 5.75 Å². The van der Waals surface area contributed by atoms with E-state index in [1.165, 1.54) is 0 Å². The molecular weight excluding hydrogens is 176 g/mol. The van der Waals surface area contributed by atoms with Crippen molar-refractivity contribution in [2.24, 2.45) is 0 Å². The largest absolute Gasteiger partial charge is 0.506 e. The van der Waals surface area contributed by atoms with Gasteiger partial charge in [-0.05, 0) is 26.0 Å². The van der Waals surface area contributed by atoms with Gasteiger partial charge in [-0.15, -0.1) is 0 Å². The third-order valence-corrected chi connectivity index (χ3v) is 2.32. The molecule has 0 unspecified atom stereocenters. The molecule has 0 radical (unpaired) electrons. The van der Waals surface area contributed by atoms with Crippen LogP contribution in [0.3, 0.4) is 0 Å². The monoisotopic (exact) mass is 188 g/mol. The van der Waals surface area contributed by atoms with Gasteiger partial charge in [-0.25, -0.2) is 0 Å². The molecule has 2 heterocycles. The first-order valence-electron chi connectivity index (χ1n) is 4.49. The second-order valence-corrected chi connectivity index (χ2v) is 3.31. The van der Waals surface area contributed by atoms with E-state index in [9.17, 15) is 5.11 Å². The van der Waals surface area contributed by atoms with Crippen molar-refractivity contribution in [2.45, 2.75) is 13.8 Å². The van der Waals surface area contributed by atoms with Gasteiger partial charge in [0.2, 0.25) is 0 Å². The van der Waals surface area contributed by atoms with Crippen molar-refractivity contribution in [1.29, 1.82) is 0 Å². The van der Waals surface area contributed by atoms with E-state index in [2.05, 4.69) is 9.97 Å². The molecular formula is C11H12N2O. The Kier molecular flexibility index (Phi) is 2.00. The molecule has 3 heteroatoms. The first kappa shape index (κ1) is 8.81. The number of aryl methyl sites for hydroxylation is 1. The van der Waals surface area contributed by atoms with Crippen molar-refractivity contribution in [1.82, 2.24) is 9.97 Å². The predicted octanol–water partition coefficient (Wildman–Crippen LogP) is 2.40. The third-order valence-electron chi connectivity index (χ3n) is 2.32. The van der Waals surface area contributed by atoms with Crippen LogP contribution in [0.2, 0.25) is 0 Å². The number of aromatic hydroxyl groups is 1. The van der Waals surface area contributed by atoms with Crippen LogP contribution in [0.15, 0.2) is 24.4 Å². The second-order valence-electron chi connectivity index (χ2n) is 3.31. The Balaban J connectivity index is 2.58. The highest BCUT2D eigenvalue weighted by Crippen LogP contribution is 2.30. The number of aromatic nitrogens is 2. The Bertz CT molecular complexity index is 446. The molecule has 2 N–H and O–H groups in total. The minimum Gasteiger partial charge on any atom is -0.506 e. The Morgan fingerprint density at radius 2 is 2.07 bits per heavy atom. The maximum absolute atomic E-state index is 9.63. The zero-order chi connectivity index (χ0) is 10.1. The number of nitrogens with one attached hydrogen (secondary N) is 1. The summed E-state index contributed by atoms with van der Waals surface area (Å²) in [6.45, 7) is 3.72. The number of hydrogen-bond donors (Lipinski definition) is 2. The maximum Gasteiger partial charge on any atom is 0.139 e. The molecule has 0 amide bonds. The van der Waals surface area contributed by atoms with Crippen LogP contribution in [0.5, 0.6) is 5.75 Å². The Hall–Kier alpha value is -1.77. The molecule has 2 rings (SSSR count). The minimum atomic E-state index is 0.325. The molecule has 0 spiro atoms. The van der Waals surface area contributed by atoms with Gasteiger partial charge in [0.1, 0.15) is 5.75 Å². The predicted molar refractivity (Wildman–Crippen MR) is 55.2 cm³/mol. The van der Waals surface area contributed by atoms with Gasteiger partial charge in [-0.2, -0.15) is 0 Å². The molecule has 0 aromatic carbocycles. The molecule has 0 aliphatic heterocycles. The maximum atomic E-state index is 9.63. The summed E-state index contributed by atoms with van der Waals surface area (Å²) in [5.41, 5.74) is 3.37. The molecule has 0 saturated carbocycles. The zero-order valence-electron chi connectivity index (χ0n) is 8.20. The summed E-state index contributed by atoms with van der Waals surface area (Å²) < 4.78 is 0. The molecule has 2 aromatic rings. The van der Waals surface area contributed by atoms with Crippen molar-refractivity contribution < 1.29 is 5.11 Å². The van der Waals surface area contributed by atoms with Crippen LogP contribution >= 0.6 is 0 Å². The van der Waals surface area contributed by atoms with E-state index in [0.717, 1.165) is 22.6 Å². The molecule has 0 aliphatic carbocycles. The van der Waals surface area contributed by atoms with E-state index in [4.69, 9.17) is 0 Å². The van der Waals surface area contributed by atoms with Crippen molar-refractivity contribution in [3.63, 3.8) is 0 Å². The molecule has 2 aromatic heterocycles. The molecule has 0 fully saturated rings. The van der Waals surface area contributed by atoms with Gasteiger partial charge in [0.25, 0.3) is 0 Å². The zero-order valence-corrected chi connectivity index (χ0v) is 8.20. The minimum absolute atomic E-state index is 0.325. The van der Waals surface area contributed by atoms with Crippen molar-refractivity contribution in [2.75, 3.05) is 0 Å². The fourth-order valence-corrected chi connectivity index (χ4v) is 1.51. The summed E-state index contributed by atoms with van der Waals surface area (Å²) >= 11 is 0. The topological polar surface area (TPSA) is 48.9 Å². The highest BCUT2D eigenvalue weighted by atomic mass is 16.3. The van der Waals surface area contributed by atoms with Crippen LogP contribution in [-0.2, 0) is 0 Å². The first-order valence-corrected chi connectivity index (χ1v) is 4.49. The standard InChI is InChI=1S/C11H12N2O/c1-7-10(13-8(2)11(7)14)9-5-3-4-6-12-9/h3-6,13-14H,1-2H3. The van der Waals surface area contributed by atoms with Crippen LogP contribution in [0.4, 0.5) is 0 Å². The molecule has 0 aliphatic rings. The Morgan fingerprint density at radius 1 is 1.29 bits per heavy atom. The number of rotatable bonds is 1. The molecule has 0 saturated heterocycles. The number of hydrogen-bond acceptors (Lipinski definition) is 2. The Morgan fingerprint density at radius 3 is 2.57 bits per heavy atom. The molecule has 3 nitrogen and oxygen atoms in total. The van der Waals surface area contributed by atoms with E-state index in [1.807, 2.05) is 32.0 Å². The number of pyridine rings is 1. The highest BCUT2D eigenvalue weighted by molar-refractivity contribution is 5.64. The van der Waals surface area contributed by atoms with Crippen LogP contribution < -0.4 is 0 Å². The summed E-state index contributed by atoms with van der Waals surface area (Å²) in [6, 6.07) is 5.71. The van der Waals surface area contributed by atoms with E-state index < -0.39 is 0 Å². The van der Waals surface area contributed by atoms with E-state index in [1.54, 1.807) is 6.20 Å². The summed E-state index contributed by atoms with van der Waals surface area (Å²) in [5.74, 6) is 0.325. The third kappa shape index (κ3) is 1.27. The van der Waals surface area contributed by atoms with E-state index in [-0.39, 0.29) is 0 Å². The van der Waals surface area contributed by atoms with Crippen LogP contribution in [-0.4, -0.2) is 15.1 Å². The first-order chi connectivity index (χ1) is 6.70. The smallest absolute Gasteiger partial charge is 0.139 e. The molecule has 72 valence electrons. The lowest BCUT2D eigenvalue weighted by molar-refractivity contribution is 0.468. The summed E-state index contributed by atoms with van der Waals surface area (Å²) in [6.07, 6.45) is 1.74.